The summed E-state index contributed by atoms with van der Waals surface area (Å²) in [5.41, 5.74) is 1.02. The molecule has 4 rings (SSSR count). The van der Waals surface area contributed by atoms with Crippen molar-refractivity contribution in [1.29, 1.82) is 0 Å². The van der Waals surface area contributed by atoms with Crippen LogP contribution in [-0.2, 0) is 30.7 Å². The fraction of sp³-hybridized carbons (Fsp3) is 0.389. The second-order valence-corrected chi connectivity index (χ2v) is 7.65. The molecule has 1 amide bonds. The molecule has 25 heavy (non-hydrogen) atoms. The first-order chi connectivity index (χ1) is 12.1. The third kappa shape index (κ3) is 3.11. The third-order valence-corrected chi connectivity index (χ3v) is 5.80. The van der Waals surface area contributed by atoms with Crippen molar-refractivity contribution >= 4 is 27.5 Å². The monoisotopic (exact) mass is 357 g/mol. The molecule has 1 aliphatic carbocycles. The van der Waals surface area contributed by atoms with Gasteiger partial charge in [0.25, 0.3) is 5.56 Å². The molecule has 1 unspecified atom stereocenters. The van der Waals surface area contributed by atoms with Gasteiger partial charge in [-0.2, -0.15) is 0 Å². The minimum absolute atomic E-state index is 0.0382. The summed E-state index contributed by atoms with van der Waals surface area (Å²) in [5, 5.41) is 3.46. The predicted octanol–water partition coefficient (Wildman–Crippen LogP) is 2.49. The van der Waals surface area contributed by atoms with Crippen LogP contribution >= 0.6 is 11.3 Å². The van der Waals surface area contributed by atoms with Gasteiger partial charge in [-0.15, -0.1) is 11.3 Å². The number of thiophene rings is 1. The molecule has 3 aromatic heterocycles. The second kappa shape index (κ2) is 6.48. The fourth-order valence-corrected chi connectivity index (χ4v) is 4.63. The lowest BCUT2D eigenvalue weighted by Crippen LogP contribution is -2.32. The molecular formula is C18H19N3O3S. The van der Waals surface area contributed by atoms with E-state index in [0.29, 0.717) is 23.6 Å². The van der Waals surface area contributed by atoms with Crippen LogP contribution in [0, 0.1) is 5.92 Å². The number of nitrogens with zero attached hydrogens (tertiary/aromatic N) is 2. The molecule has 130 valence electrons. The van der Waals surface area contributed by atoms with Gasteiger partial charge >= 0.3 is 0 Å². The van der Waals surface area contributed by atoms with Gasteiger partial charge in [-0.05, 0) is 42.9 Å². The van der Waals surface area contributed by atoms with Crippen LogP contribution in [0.15, 0.2) is 33.9 Å². The van der Waals surface area contributed by atoms with Gasteiger partial charge in [0.05, 0.1) is 24.5 Å². The quantitative estimate of drug-likeness (QED) is 0.778. The first-order valence-corrected chi connectivity index (χ1v) is 9.22. The Balaban J connectivity index is 1.57. The molecule has 6 nitrogen and oxygen atoms in total. The summed E-state index contributed by atoms with van der Waals surface area (Å²) in [7, 11) is 0. The zero-order valence-corrected chi connectivity index (χ0v) is 14.8. The average molecular weight is 357 g/mol. The number of rotatable bonds is 4. The maximum atomic E-state index is 12.8. The standard InChI is InChI=1S/C18H19N3O3S/c1-11-4-5-13-14(7-11)25-17-16(13)18(23)21(10-20-17)9-15(22)19-8-12-3-2-6-24-12/h2-3,6,10-11H,4-5,7-9H2,1H3,(H,19,22). The number of nitrogens with one attached hydrogen (secondary N) is 1. The van der Waals surface area contributed by atoms with E-state index in [1.807, 2.05) is 0 Å². The van der Waals surface area contributed by atoms with E-state index in [0.717, 1.165) is 29.7 Å². The Kier molecular flexibility index (Phi) is 4.17. The highest BCUT2D eigenvalue weighted by molar-refractivity contribution is 7.18. The molecule has 0 fully saturated rings. The summed E-state index contributed by atoms with van der Waals surface area (Å²) in [6.07, 6.45) is 6.06. The highest BCUT2D eigenvalue weighted by Crippen LogP contribution is 2.35. The SMILES string of the molecule is CC1CCc2c(sc3ncn(CC(=O)NCc4ccco4)c(=O)c23)C1. The van der Waals surface area contributed by atoms with Crippen molar-refractivity contribution in [2.75, 3.05) is 0 Å². The normalized spacial score (nSPS) is 16.8. The lowest BCUT2D eigenvalue weighted by molar-refractivity contribution is -0.122. The van der Waals surface area contributed by atoms with Gasteiger partial charge in [-0.25, -0.2) is 4.98 Å². The molecule has 0 saturated heterocycles. The maximum Gasteiger partial charge on any atom is 0.262 e. The number of aryl methyl sites for hydroxylation is 1. The van der Waals surface area contributed by atoms with Gasteiger partial charge in [-0.3, -0.25) is 14.2 Å². The Bertz CT molecular complexity index is 972. The molecule has 1 N–H and O–H groups in total. The Morgan fingerprint density at radius 3 is 3.20 bits per heavy atom. The van der Waals surface area contributed by atoms with Crippen LogP contribution in [0.2, 0.25) is 0 Å². The van der Waals surface area contributed by atoms with Crippen molar-refractivity contribution in [3.8, 4) is 0 Å². The smallest absolute Gasteiger partial charge is 0.262 e. The van der Waals surface area contributed by atoms with Crippen molar-refractivity contribution in [2.24, 2.45) is 5.92 Å². The number of amides is 1. The number of furan rings is 1. The Hall–Kier alpha value is -2.41. The lowest BCUT2D eigenvalue weighted by Gasteiger charge is -2.17. The molecule has 0 spiro atoms. The van der Waals surface area contributed by atoms with Crippen molar-refractivity contribution in [3.05, 3.63) is 51.3 Å². The molecule has 1 atom stereocenters. The summed E-state index contributed by atoms with van der Waals surface area (Å²) in [6, 6.07) is 3.56. The van der Waals surface area contributed by atoms with E-state index in [9.17, 15) is 9.59 Å². The van der Waals surface area contributed by atoms with Gasteiger partial charge in [0.15, 0.2) is 0 Å². The van der Waals surface area contributed by atoms with Gasteiger partial charge in [0, 0.05) is 4.88 Å². The molecule has 0 radical (unpaired) electrons. The first-order valence-electron chi connectivity index (χ1n) is 8.40. The van der Waals surface area contributed by atoms with Crippen molar-refractivity contribution in [2.45, 2.75) is 39.3 Å². The number of hydrogen-bond donors (Lipinski definition) is 1. The first kappa shape index (κ1) is 16.1. The minimum Gasteiger partial charge on any atom is -0.467 e. The topological polar surface area (TPSA) is 77.1 Å². The summed E-state index contributed by atoms with van der Waals surface area (Å²) < 4.78 is 6.58. The number of aromatic nitrogens is 2. The van der Waals surface area contributed by atoms with Crippen LogP contribution in [0.4, 0.5) is 0 Å². The van der Waals surface area contributed by atoms with E-state index in [1.54, 1.807) is 29.7 Å². The van der Waals surface area contributed by atoms with Crippen LogP contribution in [0.5, 0.6) is 0 Å². The molecule has 0 aromatic carbocycles. The zero-order chi connectivity index (χ0) is 17.4. The summed E-state index contributed by atoms with van der Waals surface area (Å²) in [6.45, 7) is 2.51. The molecule has 3 aromatic rings. The van der Waals surface area contributed by atoms with Crippen LogP contribution in [-0.4, -0.2) is 15.5 Å². The highest BCUT2D eigenvalue weighted by atomic mass is 32.1. The van der Waals surface area contributed by atoms with E-state index in [4.69, 9.17) is 4.42 Å². The fourth-order valence-electron chi connectivity index (χ4n) is 3.29. The van der Waals surface area contributed by atoms with E-state index in [-0.39, 0.29) is 18.0 Å². The lowest BCUT2D eigenvalue weighted by atomic mass is 9.89. The molecule has 0 bridgehead atoms. The maximum absolute atomic E-state index is 12.8. The number of carbonyl (C=O) groups is 1. The van der Waals surface area contributed by atoms with Crippen LogP contribution in [0.1, 0.15) is 29.5 Å². The molecule has 1 aliphatic rings. The zero-order valence-electron chi connectivity index (χ0n) is 13.9. The predicted molar refractivity (Wildman–Crippen MR) is 95.6 cm³/mol. The largest absolute Gasteiger partial charge is 0.467 e. The van der Waals surface area contributed by atoms with Crippen LogP contribution in [0.3, 0.4) is 0 Å². The van der Waals surface area contributed by atoms with Crippen molar-refractivity contribution in [1.82, 2.24) is 14.9 Å². The van der Waals surface area contributed by atoms with Crippen LogP contribution in [0.25, 0.3) is 10.2 Å². The summed E-state index contributed by atoms with van der Waals surface area (Å²) >= 11 is 1.62. The third-order valence-electron chi connectivity index (χ3n) is 4.64. The number of fused-ring (bicyclic) bond motifs is 3. The van der Waals surface area contributed by atoms with Crippen LogP contribution < -0.4 is 10.9 Å². The Labute approximate surface area is 148 Å². The van der Waals surface area contributed by atoms with E-state index in [2.05, 4.69) is 17.2 Å². The Morgan fingerprint density at radius 2 is 2.40 bits per heavy atom. The number of carbonyl (C=O) groups excluding carboxylic acids is 1. The van der Waals surface area contributed by atoms with E-state index in [1.165, 1.54) is 15.8 Å². The van der Waals surface area contributed by atoms with Gasteiger partial charge < -0.3 is 9.73 Å². The molecule has 0 aliphatic heterocycles. The van der Waals surface area contributed by atoms with E-state index < -0.39 is 0 Å². The van der Waals surface area contributed by atoms with Crippen molar-refractivity contribution < 1.29 is 9.21 Å². The second-order valence-electron chi connectivity index (χ2n) is 6.57. The van der Waals surface area contributed by atoms with Gasteiger partial charge in [0.1, 0.15) is 17.1 Å². The summed E-state index contributed by atoms with van der Waals surface area (Å²) in [5.74, 6) is 1.09. The van der Waals surface area contributed by atoms with E-state index >= 15 is 0 Å². The summed E-state index contributed by atoms with van der Waals surface area (Å²) in [4.78, 5) is 31.5. The minimum atomic E-state index is -0.239. The van der Waals surface area contributed by atoms with Gasteiger partial charge in [-0.1, -0.05) is 6.92 Å². The molecular weight excluding hydrogens is 338 g/mol. The molecule has 7 heteroatoms. The van der Waals surface area contributed by atoms with Gasteiger partial charge in [0.2, 0.25) is 5.91 Å². The van der Waals surface area contributed by atoms with Crippen molar-refractivity contribution in [3.63, 3.8) is 0 Å². The Morgan fingerprint density at radius 1 is 1.52 bits per heavy atom. The number of hydrogen-bond acceptors (Lipinski definition) is 5. The highest BCUT2D eigenvalue weighted by Gasteiger charge is 2.23. The average Bonchev–Trinajstić information content (AvgIpc) is 3.22. The molecule has 3 heterocycles. The molecule has 0 saturated carbocycles.